The molecule has 2 rings (SSSR count). The summed E-state index contributed by atoms with van der Waals surface area (Å²) < 4.78 is 3.16. The Balaban J connectivity index is 2.47. The number of fused-ring (bicyclic) bond motifs is 1. The van der Waals surface area contributed by atoms with Gasteiger partial charge in [-0.25, -0.2) is 4.98 Å². The van der Waals surface area contributed by atoms with E-state index in [0.717, 1.165) is 27.1 Å². The SMILES string of the molecule is CC(C)CC(C)n1c(SCC(=O)O)nc2ccc(Br)cc21. The molecule has 1 N–H and O–H groups in total. The highest BCUT2D eigenvalue weighted by Gasteiger charge is 2.18. The fourth-order valence-corrected chi connectivity index (χ4v) is 3.67. The highest BCUT2D eigenvalue weighted by atomic mass is 79.9. The highest BCUT2D eigenvalue weighted by Crippen LogP contribution is 2.31. The van der Waals surface area contributed by atoms with Crippen molar-refractivity contribution in [3.63, 3.8) is 0 Å². The summed E-state index contributed by atoms with van der Waals surface area (Å²) in [4.78, 5) is 15.4. The van der Waals surface area contributed by atoms with Gasteiger partial charge in [-0.1, -0.05) is 41.5 Å². The van der Waals surface area contributed by atoms with E-state index >= 15 is 0 Å². The largest absolute Gasteiger partial charge is 0.481 e. The third-order valence-electron chi connectivity index (χ3n) is 3.20. The van der Waals surface area contributed by atoms with Gasteiger partial charge in [0.15, 0.2) is 5.16 Å². The summed E-state index contributed by atoms with van der Waals surface area (Å²) >= 11 is 4.78. The molecule has 0 saturated carbocycles. The number of hydrogen-bond donors (Lipinski definition) is 1. The van der Waals surface area contributed by atoms with Crippen LogP contribution in [0.25, 0.3) is 11.0 Å². The lowest BCUT2D eigenvalue weighted by atomic mass is 10.1. The van der Waals surface area contributed by atoms with Crippen LogP contribution in [-0.2, 0) is 4.79 Å². The predicted octanol–water partition coefficient (Wildman–Crippen LogP) is 4.58. The number of nitrogens with zero attached hydrogens (tertiary/aromatic N) is 2. The van der Waals surface area contributed by atoms with Crippen LogP contribution in [0.5, 0.6) is 0 Å². The van der Waals surface area contributed by atoms with E-state index in [4.69, 9.17) is 5.11 Å². The van der Waals surface area contributed by atoms with E-state index in [1.807, 2.05) is 18.2 Å². The average molecular weight is 371 g/mol. The molecule has 1 aromatic heterocycles. The maximum atomic E-state index is 10.8. The molecule has 0 radical (unpaired) electrons. The number of aromatic nitrogens is 2. The van der Waals surface area contributed by atoms with Crippen LogP contribution in [0.1, 0.15) is 33.2 Å². The van der Waals surface area contributed by atoms with Crippen LogP contribution in [0, 0.1) is 5.92 Å². The van der Waals surface area contributed by atoms with Crippen molar-refractivity contribution in [1.29, 1.82) is 0 Å². The zero-order valence-corrected chi connectivity index (χ0v) is 14.7. The van der Waals surface area contributed by atoms with Gasteiger partial charge in [-0.15, -0.1) is 0 Å². The van der Waals surface area contributed by atoms with Crippen molar-refractivity contribution in [2.75, 3.05) is 5.75 Å². The Kier molecular flexibility index (Phi) is 5.32. The van der Waals surface area contributed by atoms with Crippen LogP contribution in [0.3, 0.4) is 0 Å². The van der Waals surface area contributed by atoms with Crippen LogP contribution >= 0.6 is 27.7 Å². The Morgan fingerprint density at radius 3 is 2.76 bits per heavy atom. The Morgan fingerprint density at radius 1 is 1.43 bits per heavy atom. The first-order valence-electron chi connectivity index (χ1n) is 6.90. The molecule has 114 valence electrons. The molecule has 0 saturated heterocycles. The molecule has 4 nitrogen and oxygen atoms in total. The fraction of sp³-hybridized carbons (Fsp3) is 0.467. The molecular weight excluding hydrogens is 352 g/mol. The van der Waals surface area contributed by atoms with E-state index in [0.29, 0.717) is 5.92 Å². The first kappa shape index (κ1) is 16.4. The van der Waals surface area contributed by atoms with Crippen molar-refractivity contribution < 1.29 is 9.90 Å². The van der Waals surface area contributed by atoms with E-state index in [1.54, 1.807) is 0 Å². The minimum atomic E-state index is -0.823. The van der Waals surface area contributed by atoms with E-state index < -0.39 is 5.97 Å². The monoisotopic (exact) mass is 370 g/mol. The molecule has 0 fully saturated rings. The van der Waals surface area contributed by atoms with Gasteiger partial charge < -0.3 is 9.67 Å². The van der Waals surface area contributed by atoms with E-state index in [1.165, 1.54) is 11.8 Å². The Morgan fingerprint density at radius 2 is 2.14 bits per heavy atom. The zero-order chi connectivity index (χ0) is 15.6. The number of rotatable bonds is 6. The Hall–Kier alpha value is -1.01. The molecule has 1 atom stereocenters. The normalized spacial score (nSPS) is 13.0. The maximum Gasteiger partial charge on any atom is 0.313 e. The topological polar surface area (TPSA) is 55.1 Å². The second kappa shape index (κ2) is 6.83. The highest BCUT2D eigenvalue weighted by molar-refractivity contribution is 9.10. The third kappa shape index (κ3) is 4.01. The van der Waals surface area contributed by atoms with Gasteiger partial charge in [-0.05, 0) is 37.5 Å². The summed E-state index contributed by atoms with van der Waals surface area (Å²) in [6.07, 6.45) is 1.03. The second-order valence-electron chi connectivity index (χ2n) is 5.56. The molecule has 1 heterocycles. The maximum absolute atomic E-state index is 10.8. The summed E-state index contributed by atoms with van der Waals surface area (Å²) in [5, 5.41) is 9.68. The number of carboxylic acid groups (broad SMARTS) is 1. The number of imidazole rings is 1. The summed E-state index contributed by atoms with van der Waals surface area (Å²) in [7, 11) is 0. The van der Waals surface area contributed by atoms with Gasteiger partial charge >= 0.3 is 5.97 Å². The van der Waals surface area contributed by atoms with Gasteiger partial charge in [0, 0.05) is 10.5 Å². The molecule has 1 unspecified atom stereocenters. The fourth-order valence-electron chi connectivity index (χ4n) is 2.49. The summed E-state index contributed by atoms with van der Waals surface area (Å²) in [6.45, 7) is 6.54. The number of benzene rings is 1. The van der Waals surface area contributed by atoms with E-state index in [9.17, 15) is 4.79 Å². The smallest absolute Gasteiger partial charge is 0.313 e. The number of hydrogen-bond acceptors (Lipinski definition) is 3. The minimum absolute atomic E-state index is 0.0267. The molecule has 0 spiro atoms. The lowest BCUT2D eigenvalue weighted by Gasteiger charge is -2.19. The molecular formula is C15H19BrN2O2S. The molecule has 6 heteroatoms. The summed E-state index contributed by atoms with van der Waals surface area (Å²) in [6, 6.07) is 6.24. The molecule has 2 aromatic rings. The second-order valence-corrected chi connectivity index (χ2v) is 7.42. The average Bonchev–Trinajstić information content (AvgIpc) is 2.73. The van der Waals surface area contributed by atoms with Crippen molar-refractivity contribution in [2.24, 2.45) is 5.92 Å². The number of aliphatic carboxylic acids is 1. The summed E-state index contributed by atoms with van der Waals surface area (Å²) in [5.74, 6) is -0.225. The number of halogens is 1. The van der Waals surface area contributed by atoms with Gasteiger partial charge in [0.25, 0.3) is 0 Å². The van der Waals surface area contributed by atoms with Gasteiger partial charge in [0.2, 0.25) is 0 Å². The van der Waals surface area contributed by atoms with Crippen molar-refractivity contribution in [1.82, 2.24) is 9.55 Å². The van der Waals surface area contributed by atoms with Crippen LogP contribution in [0.2, 0.25) is 0 Å². The van der Waals surface area contributed by atoms with Crippen molar-refractivity contribution in [3.8, 4) is 0 Å². The Bertz CT molecular complexity index is 654. The van der Waals surface area contributed by atoms with Crippen LogP contribution < -0.4 is 0 Å². The standard InChI is InChI=1S/C15H19BrN2O2S/c1-9(2)6-10(3)18-13-7-11(16)4-5-12(13)17-15(18)21-8-14(19)20/h4-5,7,9-10H,6,8H2,1-3H3,(H,19,20). The molecule has 0 aliphatic heterocycles. The molecule has 1 aromatic carbocycles. The first-order valence-corrected chi connectivity index (χ1v) is 8.68. The lowest BCUT2D eigenvalue weighted by Crippen LogP contribution is -2.10. The first-order chi connectivity index (χ1) is 9.88. The van der Waals surface area contributed by atoms with Crippen molar-refractivity contribution in [2.45, 2.75) is 38.4 Å². The number of carbonyl (C=O) groups is 1. The van der Waals surface area contributed by atoms with Crippen molar-refractivity contribution >= 4 is 44.7 Å². The molecule has 0 aliphatic rings. The van der Waals surface area contributed by atoms with Gasteiger partial charge in [0.05, 0.1) is 16.8 Å². The van der Waals surface area contributed by atoms with E-state index in [-0.39, 0.29) is 11.8 Å². The summed E-state index contributed by atoms with van der Waals surface area (Å²) in [5.41, 5.74) is 1.95. The molecule has 0 bridgehead atoms. The minimum Gasteiger partial charge on any atom is -0.481 e. The number of thioether (sulfide) groups is 1. The lowest BCUT2D eigenvalue weighted by molar-refractivity contribution is -0.133. The molecule has 0 amide bonds. The van der Waals surface area contributed by atoms with Crippen molar-refractivity contribution in [3.05, 3.63) is 22.7 Å². The van der Waals surface area contributed by atoms with Gasteiger partial charge in [-0.2, -0.15) is 0 Å². The third-order valence-corrected chi connectivity index (χ3v) is 4.63. The molecule has 21 heavy (non-hydrogen) atoms. The van der Waals surface area contributed by atoms with Crippen LogP contribution in [0.15, 0.2) is 27.8 Å². The quantitative estimate of drug-likeness (QED) is 0.755. The molecule has 0 aliphatic carbocycles. The van der Waals surface area contributed by atoms with Crippen LogP contribution in [-0.4, -0.2) is 26.4 Å². The zero-order valence-electron chi connectivity index (χ0n) is 12.3. The van der Waals surface area contributed by atoms with E-state index in [2.05, 4.69) is 46.3 Å². The Labute approximate surface area is 137 Å². The number of carboxylic acids is 1. The van der Waals surface area contributed by atoms with Gasteiger partial charge in [-0.3, -0.25) is 4.79 Å². The predicted molar refractivity (Wildman–Crippen MR) is 90.0 cm³/mol. The van der Waals surface area contributed by atoms with Gasteiger partial charge in [0.1, 0.15) is 0 Å². The van der Waals surface area contributed by atoms with Crippen LogP contribution in [0.4, 0.5) is 0 Å².